The molecule has 1 fully saturated rings. The number of rotatable bonds is 4. The molecule has 8 nitrogen and oxygen atoms in total. The maximum atomic E-state index is 12.3. The van der Waals surface area contributed by atoms with Crippen LogP contribution in [0.4, 0.5) is 0 Å². The monoisotopic (exact) mass is 485 g/mol. The van der Waals surface area contributed by atoms with Crippen LogP contribution in [0.25, 0.3) is 0 Å². The maximum absolute atomic E-state index is 12.3. The predicted molar refractivity (Wildman–Crippen MR) is 113 cm³/mol. The first-order valence-corrected chi connectivity index (χ1v) is 8.49. The SMILES string of the molecule is CN=C(NCc1cccnc1OC)N1CCN(C(=O)c2ccco2)CC1.I. The van der Waals surface area contributed by atoms with E-state index < -0.39 is 0 Å². The zero-order valence-electron chi connectivity index (χ0n) is 15.4. The van der Waals surface area contributed by atoms with Crippen LogP contribution in [0.15, 0.2) is 46.1 Å². The smallest absolute Gasteiger partial charge is 0.289 e. The number of carbonyl (C=O) groups is 1. The predicted octanol–water partition coefficient (Wildman–Crippen LogP) is 1.83. The Morgan fingerprint density at radius 3 is 2.63 bits per heavy atom. The number of amides is 1. The first-order chi connectivity index (χ1) is 12.7. The van der Waals surface area contributed by atoms with E-state index in [-0.39, 0.29) is 29.9 Å². The normalized spacial score (nSPS) is 14.5. The number of aliphatic imine (C=N–C) groups is 1. The molecule has 0 atom stereocenters. The van der Waals surface area contributed by atoms with Crippen LogP contribution in [0.1, 0.15) is 16.1 Å². The summed E-state index contributed by atoms with van der Waals surface area (Å²) < 4.78 is 10.5. The zero-order valence-corrected chi connectivity index (χ0v) is 17.8. The second kappa shape index (κ2) is 10.1. The highest BCUT2D eigenvalue weighted by Crippen LogP contribution is 2.14. The van der Waals surface area contributed by atoms with Gasteiger partial charge in [-0.15, -0.1) is 24.0 Å². The maximum Gasteiger partial charge on any atom is 0.289 e. The van der Waals surface area contributed by atoms with E-state index in [0.29, 0.717) is 44.4 Å². The Morgan fingerprint density at radius 1 is 1.26 bits per heavy atom. The van der Waals surface area contributed by atoms with Crippen LogP contribution in [0.2, 0.25) is 0 Å². The van der Waals surface area contributed by atoms with Crippen molar-refractivity contribution in [1.29, 1.82) is 0 Å². The Hall–Kier alpha value is -2.30. The Kier molecular flexibility index (Phi) is 7.89. The van der Waals surface area contributed by atoms with Crippen molar-refractivity contribution >= 4 is 35.8 Å². The number of furan rings is 1. The van der Waals surface area contributed by atoms with Crippen molar-refractivity contribution in [3.63, 3.8) is 0 Å². The van der Waals surface area contributed by atoms with Crippen LogP contribution in [0.3, 0.4) is 0 Å². The number of halogens is 1. The molecular weight excluding hydrogens is 461 g/mol. The fraction of sp³-hybridized carbons (Fsp3) is 0.389. The molecule has 3 heterocycles. The van der Waals surface area contributed by atoms with Gasteiger partial charge in [0.2, 0.25) is 5.88 Å². The van der Waals surface area contributed by atoms with Gasteiger partial charge in [0.25, 0.3) is 5.91 Å². The van der Waals surface area contributed by atoms with E-state index in [1.165, 1.54) is 6.26 Å². The Bertz CT molecular complexity index is 758. The second-order valence-corrected chi connectivity index (χ2v) is 5.83. The van der Waals surface area contributed by atoms with Crippen LogP contribution in [-0.4, -0.2) is 67.0 Å². The van der Waals surface area contributed by atoms with E-state index in [9.17, 15) is 4.79 Å². The average molecular weight is 485 g/mol. The quantitative estimate of drug-likeness (QED) is 0.405. The summed E-state index contributed by atoms with van der Waals surface area (Å²) in [6.07, 6.45) is 3.22. The van der Waals surface area contributed by atoms with Crippen molar-refractivity contribution in [1.82, 2.24) is 20.1 Å². The van der Waals surface area contributed by atoms with Gasteiger partial charge < -0.3 is 24.3 Å². The summed E-state index contributed by atoms with van der Waals surface area (Å²) in [6.45, 7) is 3.22. The lowest BCUT2D eigenvalue weighted by atomic mass is 10.2. The van der Waals surface area contributed by atoms with Gasteiger partial charge in [-0.05, 0) is 18.2 Å². The van der Waals surface area contributed by atoms with Crippen molar-refractivity contribution in [2.75, 3.05) is 40.3 Å². The number of guanidine groups is 1. The molecule has 0 saturated carbocycles. The molecule has 1 N–H and O–H groups in total. The van der Waals surface area contributed by atoms with E-state index in [0.717, 1.165) is 11.5 Å². The van der Waals surface area contributed by atoms with Crippen LogP contribution in [0, 0.1) is 0 Å². The molecule has 27 heavy (non-hydrogen) atoms. The molecule has 0 aromatic carbocycles. The van der Waals surface area contributed by atoms with Crippen molar-refractivity contribution in [3.8, 4) is 5.88 Å². The van der Waals surface area contributed by atoms with Gasteiger partial charge in [-0.3, -0.25) is 9.79 Å². The molecule has 146 valence electrons. The minimum Gasteiger partial charge on any atom is -0.481 e. The number of nitrogens with one attached hydrogen (secondary N) is 1. The Labute approximate surface area is 175 Å². The highest BCUT2D eigenvalue weighted by atomic mass is 127. The van der Waals surface area contributed by atoms with Gasteiger partial charge in [-0.2, -0.15) is 0 Å². The lowest BCUT2D eigenvalue weighted by molar-refractivity contribution is 0.0657. The molecule has 1 saturated heterocycles. The summed E-state index contributed by atoms with van der Waals surface area (Å²) in [4.78, 5) is 24.8. The summed E-state index contributed by atoms with van der Waals surface area (Å²) in [7, 11) is 3.36. The molecular formula is C18H24IN5O3. The molecule has 0 aliphatic carbocycles. The molecule has 2 aromatic heterocycles. The third kappa shape index (κ3) is 5.12. The number of ether oxygens (including phenoxy) is 1. The summed E-state index contributed by atoms with van der Waals surface area (Å²) in [5, 5.41) is 3.34. The molecule has 1 aliphatic rings. The minimum atomic E-state index is -0.0716. The Morgan fingerprint density at radius 2 is 2.00 bits per heavy atom. The largest absolute Gasteiger partial charge is 0.481 e. The van der Waals surface area contributed by atoms with E-state index in [1.807, 2.05) is 12.1 Å². The molecule has 9 heteroatoms. The third-order valence-electron chi connectivity index (χ3n) is 4.29. The molecule has 0 radical (unpaired) electrons. The van der Waals surface area contributed by atoms with Gasteiger partial charge in [-0.1, -0.05) is 6.07 Å². The summed E-state index contributed by atoms with van der Waals surface area (Å²) in [5.74, 6) is 1.70. The van der Waals surface area contributed by atoms with Gasteiger partial charge in [0.15, 0.2) is 11.7 Å². The number of nitrogens with zero attached hydrogens (tertiary/aromatic N) is 4. The highest BCUT2D eigenvalue weighted by molar-refractivity contribution is 14.0. The number of methoxy groups -OCH3 is 1. The van der Waals surface area contributed by atoms with E-state index >= 15 is 0 Å². The van der Waals surface area contributed by atoms with Crippen molar-refractivity contribution in [2.45, 2.75) is 6.54 Å². The van der Waals surface area contributed by atoms with E-state index in [2.05, 4.69) is 20.2 Å². The number of aromatic nitrogens is 1. The van der Waals surface area contributed by atoms with Gasteiger partial charge in [0.05, 0.1) is 13.4 Å². The third-order valence-corrected chi connectivity index (χ3v) is 4.29. The molecule has 1 aliphatic heterocycles. The number of piperazine rings is 1. The second-order valence-electron chi connectivity index (χ2n) is 5.83. The summed E-state index contributed by atoms with van der Waals surface area (Å²) >= 11 is 0. The van der Waals surface area contributed by atoms with Crippen LogP contribution < -0.4 is 10.1 Å². The summed E-state index contributed by atoms with van der Waals surface area (Å²) in [5.41, 5.74) is 0.961. The standard InChI is InChI=1S/C18H23N5O3.HI/c1-19-18(21-13-14-5-3-7-20-16(14)25-2)23-10-8-22(9-11-23)17(24)15-6-4-12-26-15;/h3-7,12H,8-11,13H2,1-2H3,(H,19,21);1H. The lowest BCUT2D eigenvalue weighted by Gasteiger charge is -2.36. The number of carbonyl (C=O) groups excluding carboxylic acids is 1. The number of hydrogen-bond donors (Lipinski definition) is 1. The molecule has 1 amide bonds. The topological polar surface area (TPSA) is 83.2 Å². The van der Waals surface area contributed by atoms with Crippen LogP contribution in [-0.2, 0) is 6.54 Å². The van der Waals surface area contributed by atoms with E-state index in [4.69, 9.17) is 9.15 Å². The van der Waals surface area contributed by atoms with Gasteiger partial charge in [0, 0.05) is 51.5 Å². The fourth-order valence-corrected chi connectivity index (χ4v) is 2.93. The van der Waals surface area contributed by atoms with Crippen LogP contribution in [0.5, 0.6) is 5.88 Å². The number of hydrogen-bond acceptors (Lipinski definition) is 5. The van der Waals surface area contributed by atoms with Gasteiger partial charge in [0.1, 0.15) is 0 Å². The highest BCUT2D eigenvalue weighted by Gasteiger charge is 2.25. The number of pyridine rings is 1. The van der Waals surface area contributed by atoms with Crippen molar-refractivity contribution < 1.29 is 13.9 Å². The van der Waals surface area contributed by atoms with Gasteiger partial charge >= 0.3 is 0 Å². The first-order valence-electron chi connectivity index (χ1n) is 8.49. The molecule has 2 aromatic rings. The van der Waals surface area contributed by atoms with Crippen molar-refractivity contribution in [2.24, 2.45) is 4.99 Å². The molecule has 0 bridgehead atoms. The van der Waals surface area contributed by atoms with Crippen LogP contribution >= 0.6 is 24.0 Å². The van der Waals surface area contributed by atoms with Gasteiger partial charge in [-0.25, -0.2) is 4.98 Å². The van der Waals surface area contributed by atoms with Crippen molar-refractivity contribution in [3.05, 3.63) is 48.0 Å². The minimum absolute atomic E-state index is 0. The first kappa shape index (κ1) is 21.0. The molecule has 0 spiro atoms. The Balaban J connectivity index is 0.00000261. The fourth-order valence-electron chi connectivity index (χ4n) is 2.93. The average Bonchev–Trinajstić information content (AvgIpc) is 3.23. The lowest BCUT2D eigenvalue weighted by Crippen LogP contribution is -2.53. The zero-order chi connectivity index (χ0) is 18.4. The van der Waals surface area contributed by atoms with E-state index in [1.54, 1.807) is 37.4 Å². The summed E-state index contributed by atoms with van der Waals surface area (Å²) in [6, 6.07) is 7.26. The molecule has 3 rings (SSSR count). The molecule has 0 unspecified atom stereocenters.